The second-order valence-electron chi connectivity index (χ2n) is 5.78. The molecule has 132 valence electrons. The molecule has 1 amide bonds. The van der Waals surface area contributed by atoms with Crippen molar-refractivity contribution in [2.45, 2.75) is 6.92 Å². The number of aromatic nitrogens is 1. The number of carbonyl (C=O) groups is 1. The lowest BCUT2D eigenvalue weighted by Gasteiger charge is -2.11. The van der Waals surface area contributed by atoms with E-state index in [9.17, 15) is 9.59 Å². The predicted molar refractivity (Wildman–Crippen MR) is 103 cm³/mol. The molecule has 0 radical (unpaired) electrons. The van der Waals surface area contributed by atoms with Crippen LogP contribution in [-0.2, 0) is 0 Å². The van der Waals surface area contributed by atoms with Gasteiger partial charge in [-0.3, -0.25) is 9.59 Å². The molecule has 1 aromatic heterocycles. The number of hydrogen-bond acceptors (Lipinski definition) is 3. The number of benzene rings is 2. The fraction of sp³-hybridized carbons (Fsp3) is 0.100. The second kappa shape index (κ2) is 7.45. The van der Waals surface area contributed by atoms with Crippen molar-refractivity contribution in [1.29, 1.82) is 0 Å². The van der Waals surface area contributed by atoms with Crippen LogP contribution in [0.1, 0.15) is 15.9 Å². The van der Waals surface area contributed by atoms with Crippen molar-refractivity contribution < 1.29 is 9.53 Å². The summed E-state index contributed by atoms with van der Waals surface area (Å²) >= 11 is 5.87. The summed E-state index contributed by atoms with van der Waals surface area (Å²) in [4.78, 5) is 27.6. The molecule has 2 N–H and O–H groups in total. The lowest BCUT2D eigenvalue weighted by molar-refractivity contribution is 0.102. The van der Waals surface area contributed by atoms with Crippen LogP contribution >= 0.6 is 11.6 Å². The smallest absolute Gasteiger partial charge is 0.261 e. The first-order chi connectivity index (χ1) is 12.5. The summed E-state index contributed by atoms with van der Waals surface area (Å²) in [5.41, 5.74) is 2.44. The highest BCUT2D eigenvalue weighted by atomic mass is 35.5. The Morgan fingerprint density at radius 2 is 1.81 bits per heavy atom. The Hall–Kier alpha value is -3.05. The third-order valence-electron chi connectivity index (χ3n) is 3.91. The number of methoxy groups -OCH3 is 1. The van der Waals surface area contributed by atoms with Crippen LogP contribution in [0.5, 0.6) is 5.75 Å². The number of aryl methyl sites for hydroxylation is 1. The van der Waals surface area contributed by atoms with Crippen LogP contribution in [0.3, 0.4) is 0 Å². The van der Waals surface area contributed by atoms with Crippen molar-refractivity contribution in [3.05, 3.63) is 81.1 Å². The van der Waals surface area contributed by atoms with E-state index >= 15 is 0 Å². The normalized spacial score (nSPS) is 10.4. The molecule has 0 fully saturated rings. The molecule has 2 aromatic carbocycles. The number of hydrogen-bond donors (Lipinski definition) is 2. The molecular formula is C20H17ClN2O3. The van der Waals surface area contributed by atoms with Gasteiger partial charge in [-0.15, -0.1) is 0 Å². The number of aromatic amines is 1. The molecule has 0 unspecified atom stereocenters. The fourth-order valence-electron chi connectivity index (χ4n) is 2.56. The lowest BCUT2D eigenvalue weighted by atomic mass is 10.1. The number of carbonyl (C=O) groups excluding carboxylic acids is 1. The first-order valence-corrected chi connectivity index (χ1v) is 8.31. The average molecular weight is 369 g/mol. The van der Waals surface area contributed by atoms with Gasteiger partial charge < -0.3 is 15.0 Å². The van der Waals surface area contributed by atoms with Crippen LogP contribution in [0.4, 0.5) is 5.69 Å². The predicted octanol–water partition coefficient (Wildman–Crippen LogP) is 4.26. The van der Waals surface area contributed by atoms with Gasteiger partial charge in [0.1, 0.15) is 11.3 Å². The van der Waals surface area contributed by atoms with Crippen LogP contribution in [0.25, 0.3) is 11.3 Å². The number of H-pyrrole nitrogens is 1. The highest BCUT2D eigenvalue weighted by molar-refractivity contribution is 6.30. The molecule has 0 saturated carbocycles. The van der Waals surface area contributed by atoms with Crippen LogP contribution in [0.2, 0.25) is 5.02 Å². The number of pyridine rings is 1. The average Bonchev–Trinajstić information content (AvgIpc) is 2.62. The van der Waals surface area contributed by atoms with E-state index in [-0.39, 0.29) is 5.56 Å². The first kappa shape index (κ1) is 17.8. The minimum Gasteiger partial charge on any atom is -0.495 e. The monoisotopic (exact) mass is 368 g/mol. The van der Waals surface area contributed by atoms with Gasteiger partial charge in [-0.1, -0.05) is 29.8 Å². The minimum absolute atomic E-state index is 0.0197. The Kier molecular flexibility index (Phi) is 5.09. The molecule has 26 heavy (non-hydrogen) atoms. The SMILES string of the molecule is COc1ccc(C)cc1NC(=O)c1ccc(-c2ccc(Cl)cc2)[nH]c1=O. The van der Waals surface area contributed by atoms with Crippen molar-refractivity contribution in [2.24, 2.45) is 0 Å². The molecule has 3 rings (SSSR count). The van der Waals surface area contributed by atoms with Gasteiger partial charge in [0, 0.05) is 10.7 Å². The summed E-state index contributed by atoms with van der Waals surface area (Å²) in [5, 5.41) is 3.34. The van der Waals surface area contributed by atoms with E-state index < -0.39 is 11.5 Å². The Labute approximate surface area is 155 Å². The van der Waals surface area contributed by atoms with Gasteiger partial charge in [0.25, 0.3) is 11.5 Å². The summed E-state index contributed by atoms with van der Waals surface area (Å²) in [6.07, 6.45) is 0. The standard InChI is InChI=1S/C20H17ClN2O3/c1-12-3-10-18(26-2)17(11-12)23-20(25)15-8-9-16(22-19(15)24)13-4-6-14(21)7-5-13/h3-11H,1-2H3,(H,22,24)(H,23,25). The highest BCUT2D eigenvalue weighted by Crippen LogP contribution is 2.25. The van der Waals surface area contributed by atoms with Gasteiger partial charge in [0.2, 0.25) is 0 Å². The summed E-state index contributed by atoms with van der Waals surface area (Å²) in [7, 11) is 1.52. The maximum absolute atomic E-state index is 12.5. The van der Waals surface area contributed by atoms with Crippen molar-refractivity contribution in [1.82, 2.24) is 4.98 Å². The van der Waals surface area contributed by atoms with Gasteiger partial charge in [-0.2, -0.15) is 0 Å². The molecule has 0 atom stereocenters. The molecule has 3 aromatic rings. The molecule has 0 spiro atoms. The van der Waals surface area contributed by atoms with E-state index in [4.69, 9.17) is 16.3 Å². The first-order valence-electron chi connectivity index (χ1n) is 7.93. The van der Waals surface area contributed by atoms with Gasteiger partial charge in [-0.05, 0) is 54.4 Å². The number of rotatable bonds is 4. The maximum atomic E-state index is 12.5. The van der Waals surface area contributed by atoms with Crippen LogP contribution < -0.4 is 15.6 Å². The molecular weight excluding hydrogens is 352 g/mol. The van der Waals surface area contributed by atoms with Gasteiger partial charge >= 0.3 is 0 Å². The number of ether oxygens (including phenoxy) is 1. The van der Waals surface area contributed by atoms with E-state index in [0.717, 1.165) is 11.1 Å². The quantitative estimate of drug-likeness (QED) is 0.722. The minimum atomic E-state index is -0.502. The zero-order valence-corrected chi connectivity index (χ0v) is 15.1. The molecule has 0 bridgehead atoms. The molecule has 0 aliphatic carbocycles. The summed E-state index contributed by atoms with van der Waals surface area (Å²) in [5.74, 6) is 0.0240. The Balaban J connectivity index is 1.88. The van der Waals surface area contributed by atoms with Crippen molar-refractivity contribution in [3.8, 4) is 17.0 Å². The summed E-state index contributed by atoms with van der Waals surface area (Å²) in [6, 6.07) is 15.7. The van der Waals surface area contributed by atoms with Gasteiger partial charge in [0.05, 0.1) is 12.8 Å². The molecule has 6 heteroatoms. The number of nitrogens with one attached hydrogen (secondary N) is 2. The van der Waals surface area contributed by atoms with E-state index in [1.54, 1.807) is 42.5 Å². The van der Waals surface area contributed by atoms with E-state index in [1.165, 1.54) is 13.2 Å². The number of amides is 1. The highest BCUT2D eigenvalue weighted by Gasteiger charge is 2.14. The Morgan fingerprint density at radius 3 is 2.46 bits per heavy atom. The third-order valence-corrected chi connectivity index (χ3v) is 4.16. The van der Waals surface area contributed by atoms with Crippen LogP contribution in [0.15, 0.2) is 59.4 Å². The third kappa shape index (κ3) is 3.78. The zero-order chi connectivity index (χ0) is 18.7. The summed E-state index contributed by atoms with van der Waals surface area (Å²) in [6.45, 7) is 1.91. The second-order valence-corrected chi connectivity index (χ2v) is 6.22. The number of anilines is 1. The van der Waals surface area contributed by atoms with Crippen molar-refractivity contribution in [2.75, 3.05) is 12.4 Å². The van der Waals surface area contributed by atoms with Crippen molar-refractivity contribution in [3.63, 3.8) is 0 Å². The molecule has 1 heterocycles. The van der Waals surface area contributed by atoms with E-state index in [0.29, 0.717) is 22.2 Å². The van der Waals surface area contributed by atoms with Crippen LogP contribution in [-0.4, -0.2) is 18.0 Å². The van der Waals surface area contributed by atoms with Gasteiger partial charge in [-0.25, -0.2) is 0 Å². The Bertz CT molecular complexity index is 1010. The largest absolute Gasteiger partial charge is 0.495 e. The summed E-state index contributed by atoms with van der Waals surface area (Å²) < 4.78 is 5.24. The van der Waals surface area contributed by atoms with E-state index in [1.807, 2.05) is 13.0 Å². The lowest BCUT2D eigenvalue weighted by Crippen LogP contribution is -2.23. The topological polar surface area (TPSA) is 71.2 Å². The van der Waals surface area contributed by atoms with E-state index in [2.05, 4.69) is 10.3 Å². The van der Waals surface area contributed by atoms with Crippen LogP contribution in [0, 0.1) is 6.92 Å². The molecule has 0 aliphatic rings. The van der Waals surface area contributed by atoms with Gasteiger partial charge in [0.15, 0.2) is 0 Å². The number of halogens is 1. The Morgan fingerprint density at radius 1 is 1.08 bits per heavy atom. The zero-order valence-electron chi connectivity index (χ0n) is 14.3. The fourth-order valence-corrected chi connectivity index (χ4v) is 2.69. The molecule has 0 aliphatic heterocycles. The van der Waals surface area contributed by atoms with Crippen molar-refractivity contribution >= 4 is 23.2 Å². The molecule has 5 nitrogen and oxygen atoms in total. The maximum Gasteiger partial charge on any atom is 0.261 e. The molecule has 0 saturated heterocycles.